The first-order chi connectivity index (χ1) is 11.7. The van der Waals surface area contributed by atoms with Gasteiger partial charge in [-0.3, -0.25) is 9.59 Å². The SMILES string of the molecule is CC(C)(Oc1ccc(F)cc1)C(=O)N1C[C@H]2COCC[C@@]2(C(=O)O)C1. The summed E-state index contributed by atoms with van der Waals surface area (Å²) in [5.74, 6) is -1.39. The smallest absolute Gasteiger partial charge is 0.311 e. The van der Waals surface area contributed by atoms with Crippen molar-refractivity contribution in [3.05, 3.63) is 30.1 Å². The molecule has 0 bridgehead atoms. The van der Waals surface area contributed by atoms with Crippen molar-refractivity contribution in [2.24, 2.45) is 11.3 Å². The summed E-state index contributed by atoms with van der Waals surface area (Å²) >= 11 is 0. The summed E-state index contributed by atoms with van der Waals surface area (Å²) in [6, 6.07) is 5.44. The first-order valence-corrected chi connectivity index (χ1v) is 8.30. The zero-order chi connectivity index (χ0) is 18.2. The van der Waals surface area contributed by atoms with Crippen LogP contribution in [0.3, 0.4) is 0 Å². The van der Waals surface area contributed by atoms with Crippen LogP contribution in [0.2, 0.25) is 0 Å². The molecule has 2 heterocycles. The van der Waals surface area contributed by atoms with Crippen molar-refractivity contribution in [3.8, 4) is 5.75 Å². The number of halogens is 1. The average molecular weight is 351 g/mol. The van der Waals surface area contributed by atoms with E-state index in [-0.39, 0.29) is 24.2 Å². The lowest BCUT2D eigenvalue weighted by atomic mass is 9.74. The van der Waals surface area contributed by atoms with E-state index in [1.54, 1.807) is 18.7 Å². The number of likely N-dealkylation sites (tertiary alicyclic amines) is 1. The number of rotatable bonds is 4. The number of aliphatic carboxylic acids is 1. The number of fused-ring (bicyclic) bond motifs is 1. The Bertz CT molecular complexity index is 675. The second kappa shape index (κ2) is 6.29. The Balaban J connectivity index is 1.76. The lowest BCUT2D eigenvalue weighted by molar-refractivity contribution is -0.158. The number of benzene rings is 1. The number of hydrogen-bond acceptors (Lipinski definition) is 4. The molecule has 136 valence electrons. The maximum absolute atomic E-state index is 13.0. The van der Waals surface area contributed by atoms with E-state index in [1.165, 1.54) is 24.3 Å². The van der Waals surface area contributed by atoms with Crippen molar-refractivity contribution in [1.82, 2.24) is 4.90 Å². The van der Waals surface area contributed by atoms with E-state index in [0.29, 0.717) is 31.9 Å². The van der Waals surface area contributed by atoms with E-state index in [1.807, 2.05) is 0 Å². The Hall–Kier alpha value is -2.15. The summed E-state index contributed by atoms with van der Waals surface area (Å²) in [5, 5.41) is 9.70. The predicted molar refractivity (Wildman–Crippen MR) is 86.7 cm³/mol. The molecule has 2 saturated heterocycles. The first-order valence-electron chi connectivity index (χ1n) is 8.30. The molecule has 0 saturated carbocycles. The van der Waals surface area contributed by atoms with Gasteiger partial charge in [-0.1, -0.05) is 0 Å². The number of carbonyl (C=O) groups is 2. The average Bonchev–Trinajstić information content (AvgIpc) is 2.97. The molecular formula is C18H22FNO5. The van der Waals surface area contributed by atoms with Crippen LogP contribution >= 0.6 is 0 Å². The van der Waals surface area contributed by atoms with Gasteiger partial charge in [-0.15, -0.1) is 0 Å². The van der Waals surface area contributed by atoms with Gasteiger partial charge >= 0.3 is 5.97 Å². The van der Waals surface area contributed by atoms with Crippen molar-refractivity contribution in [3.63, 3.8) is 0 Å². The standard InChI is InChI=1S/C18H22FNO5/c1-17(2,25-14-5-3-13(19)4-6-14)15(21)20-9-12-10-24-8-7-18(12,11-20)16(22)23/h3-6,12H,7-11H2,1-2H3,(H,22,23)/t12-,18+/m0/s1. The number of amides is 1. The molecule has 7 heteroatoms. The Labute approximate surface area is 145 Å². The largest absolute Gasteiger partial charge is 0.481 e. The molecule has 3 rings (SSSR count). The molecule has 2 aliphatic rings. The summed E-state index contributed by atoms with van der Waals surface area (Å²) in [7, 11) is 0. The zero-order valence-electron chi connectivity index (χ0n) is 14.3. The third kappa shape index (κ3) is 3.20. The number of carboxylic acid groups (broad SMARTS) is 1. The van der Waals surface area contributed by atoms with Crippen LogP contribution < -0.4 is 4.74 Å². The summed E-state index contributed by atoms with van der Waals surface area (Å²) in [6.07, 6.45) is 0.399. The molecule has 2 aliphatic heterocycles. The van der Waals surface area contributed by atoms with Crippen LogP contribution in [0.1, 0.15) is 20.3 Å². The van der Waals surface area contributed by atoms with Crippen molar-refractivity contribution in [2.45, 2.75) is 25.9 Å². The lowest BCUT2D eigenvalue weighted by Crippen LogP contribution is -2.49. The number of carboxylic acids is 1. The Kier molecular flexibility index (Phi) is 4.45. The molecule has 6 nitrogen and oxygen atoms in total. The maximum Gasteiger partial charge on any atom is 0.311 e. The van der Waals surface area contributed by atoms with Crippen LogP contribution in [0.4, 0.5) is 4.39 Å². The third-order valence-electron chi connectivity index (χ3n) is 5.12. The van der Waals surface area contributed by atoms with Crippen LogP contribution in [0.25, 0.3) is 0 Å². The third-order valence-corrected chi connectivity index (χ3v) is 5.12. The summed E-state index contributed by atoms with van der Waals surface area (Å²) in [4.78, 5) is 26.3. The monoisotopic (exact) mass is 351 g/mol. The van der Waals surface area contributed by atoms with Gasteiger partial charge in [-0.05, 0) is 44.5 Å². The van der Waals surface area contributed by atoms with E-state index in [9.17, 15) is 19.1 Å². The molecule has 0 radical (unpaired) electrons. The molecule has 1 N–H and O–H groups in total. The fraction of sp³-hybridized carbons (Fsp3) is 0.556. The fourth-order valence-corrected chi connectivity index (χ4v) is 3.68. The molecule has 0 spiro atoms. The van der Waals surface area contributed by atoms with E-state index in [0.717, 1.165) is 0 Å². The van der Waals surface area contributed by atoms with Gasteiger partial charge in [0.1, 0.15) is 11.6 Å². The van der Waals surface area contributed by atoms with Crippen LogP contribution in [0.15, 0.2) is 24.3 Å². The predicted octanol–water partition coefficient (Wildman–Crippen LogP) is 1.93. The normalized spacial score (nSPS) is 26.2. The van der Waals surface area contributed by atoms with Gasteiger partial charge in [0.05, 0.1) is 12.0 Å². The summed E-state index contributed by atoms with van der Waals surface area (Å²) in [5.41, 5.74) is -2.13. The minimum atomic E-state index is -1.19. The van der Waals surface area contributed by atoms with Gasteiger partial charge in [0.25, 0.3) is 5.91 Å². The number of nitrogens with zero attached hydrogens (tertiary/aromatic N) is 1. The maximum atomic E-state index is 13.0. The highest BCUT2D eigenvalue weighted by molar-refractivity contribution is 5.87. The molecule has 2 atom stereocenters. The molecule has 1 aromatic carbocycles. The number of hydrogen-bond donors (Lipinski definition) is 1. The van der Waals surface area contributed by atoms with Crippen molar-refractivity contribution in [2.75, 3.05) is 26.3 Å². The van der Waals surface area contributed by atoms with Crippen molar-refractivity contribution < 1.29 is 28.6 Å². The molecule has 1 aromatic rings. The highest BCUT2D eigenvalue weighted by Crippen LogP contribution is 2.43. The Morgan fingerprint density at radius 3 is 2.64 bits per heavy atom. The second-order valence-electron chi connectivity index (χ2n) is 7.24. The van der Waals surface area contributed by atoms with Crippen LogP contribution in [-0.2, 0) is 14.3 Å². The molecule has 0 unspecified atom stereocenters. The van der Waals surface area contributed by atoms with Gasteiger partial charge < -0.3 is 19.5 Å². The quantitative estimate of drug-likeness (QED) is 0.897. The van der Waals surface area contributed by atoms with Gasteiger partial charge in [-0.2, -0.15) is 0 Å². The van der Waals surface area contributed by atoms with Crippen molar-refractivity contribution >= 4 is 11.9 Å². The molecule has 1 amide bonds. The van der Waals surface area contributed by atoms with Gasteiger partial charge in [0.15, 0.2) is 5.60 Å². The highest BCUT2D eigenvalue weighted by atomic mass is 19.1. The van der Waals surface area contributed by atoms with E-state index < -0.39 is 17.0 Å². The topological polar surface area (TPSA) is 76.1 Å². The summed E-state index contributed by atoms with van der Waals surface area (Å²) < 4.78 is 24.2. The van der Waals surface area contributed by atoms with E-state index in [4.69, 9.17) is 9.47 Å². The van der Waals surface area contributed by atoms with E-state index >= 15 is 0 Å². The zero-order valence-corrected chi connectivity index (χ0v) is 14.3. The molecule has 0 aliphatic carbocycles. The number of carbonyl (C=O) groups excluding carboxylic acids is 1. The fourth-order valence-electron chi connectivity index (χ4n) is 3.68. The Morgan fingerprint density at radius 1 is 1.36 bits per heavy atom. The van der Waals surface area contributed by atoms with Gasteiger partial charge in [0.2, 0.25) is 0 Å². The minimum Gasteiger partial charge on any atom is -0.481 e. The molecular weight excluding hydrogens is 329 g/mol. The number of ether oxygens (including phenoxy) is 2. The second-order valence-corrected chi connectivity index (χ2v) is 7.24. The van der Waals surface area contributed by atoms with Gasteiger partial charge in [0, 0.05) is 25.6 Å². The summed E-state index contributed by atoms with van der Waals surface area (Å²) in [6.45, 7) is 4.48. The lowest BCUT2D eigenvalue weighted by Gasteiger charge is -2.34. The van der Waals surface area contributed by atoms with Crippen molar-refractivity contribution in [1.29, 1.82) is 0 Å². The minimum absolute atomic E-state index is 0.158. The van der Waals surface area contributed by atoms with Crippen LogP contribution in [0, 0.1) is 17.2 Å². The highest BCUT2D eigenvalue weighted by Gasteiger charge is 2.56. The molecule has 0 aromatic heterocycles. The van der Waals surface area contributed by atoms with Crippen LogP contribution in [0.5, 0.6) is 5.75 Å². The molecule has 25 heavy (non-hydrogen) atoms. The van der Waals surface area contributed by atoms with E-state index in [2.05, 4.69) is 0 Å². The molecule has 2 fully saturated rings. The first kappa shape index (κ1) is 17.7. The Morgan fingerprint density at radius 2 is 2.04 bits per heavy atom. The van der Waals surface area contributed by atoms with Crippen LogP contribution in [-0.4, -0.2) is 53.8 Å². The van der Waals surface area contributed by atoms with Gasteiger partial charge in [-0.25, -0.2) is 4.39 Å².